The average molecular weight is 293 g/mol. The molecule has 0 saturated heterocycles. The van der Waals surface area contributed by atoms with Crippen LogP contribution >= 0.6 is 0 Å². The van der Waals surface area contributed by atoms with E-state index in [1.807, 2.05) is 0 Å². The van der Waals surface area contributed by atoms with Gasteiger partial charge in [-0.3, -0.25) is 0 Å². The second kappa shape index (κ2) is 5.83. The Morgan fingerprint density at radius 3 is 2.11 bits per heavy atom. The Kier molecular flexibility index (Phi) is 4.86. The van der Waals surface area contributed by atoms with Gasteiger partial charge >= 0.3 is 6.36 Å². The van der Waals surface area contributed by atoms with Crippen molar-refractivity contribution in [3.05, 3.63) is 29.8 Å². The largest absolute Gasteiger partial charge is 0.591 e. The Hall–Kier alpha value is -1.21. The van der Waals surface area contributed by atoms with Crippen LogP contribution in [0.5, 0.6) is 5.75 Å². The topological polar surface area (TPSA) is 44.7 Å². The van der Waals surface area contributed by atoms with Gasteiger partial charge in [0.05, 0.1) is 6.21 Å². The molecule has 0 aliphatic rings. The zero-order valence-electron chi connectivity index (χ0n) is 10.7. The van der Waals surface area contributed by atoms with E-state index in [-0.39, 0.29) is 5.75 Å². The molecule has 0 heterocycles. The first-order chi connectivity index (χ1) is 8.58. The fourth-order valence-electron chi connectivity index (χ4n) is 1.02. The summed E-state index contributed by atoms with van der Waals surface area (Å²) in [6.45, 7) is 5.34. The monoisotopic (exact) mass is 293 g/mol. The molecule has 0 radical (unpaired) electrons. The van der Waals surface area contributed by atoms with Gasteiger partial charge in [0.1, 0.15) is 21.9 Å². The Morgan fingerprint density at radius 2 is 1.68 bits per heavy atom. The summed E-state index contributed by atoms with van der Waals surface area (Å²) in [6, 6.07) is 5.17. The normalized spacial score (nSPS) is 14.7. The van der Waals surface area contributed by atoms with Gasteiger partial charge in [-0.1, -0.05) is 4.40 Å². The number of hydrogen-bond donors (Lipinski definition) is 0. The number of ether oxygens (including phenoxy) is 1. The maximum Gasteiger partial charge on any atom is 0.573 e. The molecule has 0 bridgehead atoms. The van der Waals surface area contributed by atoms with E-state index in [0.29, 0.717) is 5.56 Å². The molecule has 0 amide bonds. The molecule has 0 spiro atoms. The molecule has 0 saturated carbocycles. The summed E-state index contributed by atoms with van der Waals surface area (Å²) in [6.07, 6.45) is -3.35. The molecule has 7 heteroatoms. The molecule has 1 aromatic rings. The van der Waals surface area contributed by atoms with Crippen molar-refractivity contribution in [3.8, 4) is 5.75 Å². The first-order valence-electron chi connectivity index (χ1n) is 5.40. The third-order valence-electron chi connectivity index (χ3n) is 1.94. The van der Waals surface area contributed by atoms with E-state index >= 15 is 0 Å². The van der Waals surface area contributed by atoms with Gasteiger partial charge in [-0.2, -0.15) is 0 Å². The van der Waals surface area contributed by atoms with Crippen molar-refractivity contribution in [2.45, 2.75) is 31.9 Å². The number of hydrogen-bond acceptors (Lipinski definition) is 3. The maximum absolute atomic E-state index is 11.9. The lowest BCUT2D eigenvalue weighted by molar-refractivity contribution is -0.274. The summed E-state index contributed by atoms with van der Waals surface area (Å²) >= 11 is -1.40. The standard InChI is InChI=1S/C12H14F3NO2S/c1-11(2,3)19(17)16-8-9-4-6-10(7-5-9)18-12(13,14)15/h4-8H,1-3H3/b16-8+/t19-/m0/s1. The van der Waals surface area contributed by atoms with Crippen molar-refractivity contribution in [2.24, 2.45) is 4.40 Å². The minimum atomic E-state index is -4.71. The van der Waals surface area contributed by atoms with Gasteiger partial charge in [-0.15, -0.1) is 13.2 Å². The zero-order chi connectivity index (χ0) is 14.7. The van der Waals surface area contributed by atoms with Gasteiger partial charge in [-0.25, -0.2) is 0 Å². The van der Waals surface area contributed by atoms with Crippen LogP contribution in [0.1, 0.15) is 26.3 Å². The maximum atomic E-state index is 11.9. The van der Waals surface area contributed by atoms with Crippen LogP contribution in [0.15, 0.2) is 28.7 Å². The first-order valence-corrected chi connectivity index (χ1v) is 6.50. The fraction of sp³-hybridized carbons (Fsp3) is 0.417. The molecular weight excluding hydrogens is 279 g/mol. The summed E-state index contributed by atoms with van der Waals surface area (Å²) in [4.78, 5) is 0. The van der Waals surface area contributed by atoms with Gasteiger partial charge in [0, 0.05) is 0 Å². The smallest absolute Gasteiger partial charge is 0.573 e. The molecule has 19 heavy (non-hydrogen) atoms. The van der Waals surface area contributed by atoms with E-state index in [1.54, 1.807) is 20.8 Å². The highest BCUT2D eigenvalue weighted by Crippen LogP contribution is 2.22. The molecule has 1 atom stereocenters. The molecule has 0 aliphatic heterocycles. The second-order valence-corrected chi connectivity index (χ2v) is 6.65. The number of nitrogens with zero attached hydrogens (tertiary/aromatic N) is 1. The van der Waals surface area contributed by atoms with Gasteiger partial charge in [0.15, 0.2) is 0 Å². The van der Waals surface area contributed by atoms with E-state index in [1.165, 1.54) is 30.5 Å². The summed E-state index contributed by atoms with van der Waals surface area (Å²) in [5.41, 5.74) is 0.548. The zero-order valence-corrected chi connectivity index (χ0v) is 11.5. The highest BCUT2D eigenvalue weighted by Gasteiger charge is 2.31. The summed E-state index contributed by atoms with van der Waals surface area (Å²) in [5.74, 6) is -0.304. The molecule has 1 aromatic carbocycles. The van der Waals surface area contributed by atoms with E-state index in [2.05, 4.69) is 9.13 Å². The summed E-state index contributed by atoms with van der Waals surface area (Å²) < 4.78 is 54.6. The van der Waals surface area contributed by atoms with Crippen molar-refractivity contribution >= 4 is 17.6 Å². The number of benzene rings is 1. The van der Waals surface area contributed by atoms with Crippen LogP contribution in [0, 0.1) is 0 Å². The van der Waals surface area contributed by atoms with Crippen LogP contribution < -0.4 is 4.74 Å². The average Bonchev–Trinajstić information content (AvgIpc) is 2.24. The van der Waals surface area contributed by atoms with Gasteiger partial charge in [0.25, 0.3) is 0 Å². The van der Waals surface area contributed by atoms with Crippen LogP contribution in [-0.2, 0) is 11.4 Å². The van der Waals surface area contributed by atoms with Gasteiger partial charge < -0.3 is 9.29 Å². The van der Waals surface area contributed by atoms with Crippen molar-refractivity contribution in [3.63, 3.8) is 0 Å². The van der Waals surface area contributed by atoms with E-state index in [9.17, 15) is 17.7 Å². The van der Waals surface area contributed by atoms with Crippen molar-refractivity contribution in [2.75, 3.05) is 0 Å². The highest BCUT2D eigenvalue weighted by molar-refractivity contribution is 7.91. The van der Waals surface area contributed by atoms with Crippen LogP contribution in [0.25, 0.3) is 0 Å². The molecule has 106 valence electrons. The molecule has 0 unspecified atom stereocenters. The van der Waals surface area contributed by atoms with E-state index in [4.69, 9.17) is 0 Å². The SMILES string of the molecule is CC(C)(C)[S@+]([O-])/N=C/c1ccc(OC(F)(F)F)cc1. The predicted octanol–water partition coefficient (Wildman–Crippen LogP) is 3.47. The Bertz CT molecular complexity index is 438. The minimum absolute atomic E-state index is 0.304. The number of alkyl halides is 3. The second-order valence-electron chi connectivity index (χ2n) is 4.71. The third-order valence-corrected chi connectivity index (χ3v) is 3.28. The quantitative estimate of drug-likeness (QED) is 0.632. The van der Waals surface area contributed by atoms with E-state index in [0.717, 1.165) is 0 Å². The fourth-order valence-corrected chi connectivity index (χ4v) is 1.56. The molecule has 3 nitrogen and oxygen atoms in total. The van der Waals surface area contributed by atoms with E-state index < -0.39 is 22.5 Å². The summed E-state index contributed by atoms with van der Waals surface area (Å²) in [5, 5.41) is 0. The third kappa shape index (κ3) is 5.98. The number of halogens is 3. The van der Waals surface area contributed by atoms with Crippen molar-refractivity contribution in [1.29, 1.82) is 0 Å². The lowest BCUT2D eigenvalue weighted by Crippen LogP contribution is -2.25. The molecule has 0 aliphatic carbocycles. The van der Waals surface area contributed by atoms with Gasteiger partial charge in [0.2, 0.25) is 0 Å². The molecule has 0 fully saturated rings. The van der Waals surface area contributed by atoms with Crippen LogP contribution in [0.4, 0.5) is 13.2 Å². The molecule has 0 aromatic heterocycles. The lowest BCUT2D eigenvalue weighted by Gasteiger charge is -2.17. The van der Waals surface area contributed by atoms with Gasteiger partial charge in [-0.05, 0) is 50.6 Å². The first kappa shape index (κ1) is 15.8. The van der Waals surface area contributed by atoms with Crippen LogP contribution in [0.2, 0.25) is 0 Å². The number of rotatable bonds is 3. The molecular formula is C12H14F3NO2S. The predicted molar refractivity (Wildman–Crippen MR) is 68.6 cm³/mol. The minimum Gasteiger partial charge on any atom is -0.591 e. The summed E-state index contributed by atoms with van der Waals surface area (Å²) in [7, 11) is 0. The highest BCUT2D eigenvalue weighted by atomic mass is 32.2. The van der Waals surface area contributed by atoms with Crippen molar-refractivity contribution in [1.82, 2.24) is 0 Å². The molecule has 1 rings (SSSR count). The Balaban J connectivity index is 2.70. The van der Waals surface area contributed by atoms with Crippen molar-refractivity contribution < 1.29 is 22.5 Å². The Morgan fingerprint density at radius 1 is 1.16 bits per heavy atom. The molecule has 0 N–H and O–H groups in total. The van der Waals surface area contributed by atoms with Crippen LogP contribution in [0.3, 0.4) is 0 Å². The lowest BCUT2D eigenvalue weighted by atomic mass is 10.2. The Labute approximate surface area is 112 Å². The van der Waals surface area contributed by atoms with Crippen LogP contribution in [-0.4, -0.2) is 21.9 Å².